The predicted molar refractivity (Wildman–Crippen MR) is 101 cm³/mol. The first-order valence-corrected chi connectivity index (χ1v) is 8.90. The molecule has 2 heterocycles. The summed E-state index contributed by atoms with van der Waals surface area (Å²) in [6.45, 7) is 0.840. The number of halogens is 1. The third kappa shape index (κ3) is 3.69. The summed E-state index contributed by atoms with van der Waals surface area (Å²) >= 11 is 1.71. The fourth-order valence-electron chi connectivity index (χ4n) is 2.58. The van der Waals surface area contributed by atoms with E-state index in [1.807, 2.05) is 30.3 Å². The van der Waals surface area contributed by atoms with Crippen molar-refractivity contribution in [2.75, 3.05) is 17.6 Å². The highest BCUT2D eigenvalue weighted by atomic mass is 32.2. The molecule has 0 bridgehead atoms. The summed E-state index contributed by atoms with van der Waals surface area (Å²) < 4.78 is 13.1. The summed E-state index contributed by atoms with van der Waals surface area (Å²) in [7, 11) is 0. The van der Waals surface area contributed by atoms with Crippen LogP contribution in [0.2, 0.25) is 0 Å². The zero-order chi connectivity index (χ0) is 17.1. The molecular weight excluding hydrogens is 335 g/mol. The fraction of sp³-hybridized carbons (Fsp3) is 0.105. The monoisotopic (exact) mass is 350 g/mol. The molecule has 0 saturated heterocycles. The van der Waals surface area contributed by atoms with Crippen LogP contribution in [0.4, 0.5) is 16.0 Å². The Morgan fingerprint density at radius 1 is 1.00 bits per heavy atom. The van der Waals surface area contributed by atoms with Gasteiger partial charge in [-0.1, -0.05) is 24.3 Å². The van der Waals surface area contributed by atoms with E-state index in [9.17, 15) is 4.39 Å². The molecule has 0 aliphatic carbocycles. The summed E-state index contributed by atoms with van der Waals surface area (Å²) in [5.41, 5.74) is 3.67. The third-order valence-corrected chi connectivity index (χ3v) is 4.75. The van der Waals surface area contributed by atoms with Crippen LogP contribution in [0.5, 0.6) is 0 Å². The van der Waals surface area contributed by atoms with Crippen molar-refractivity contribution >= 4 is 28.4 Å². The Balaban J connectivity index is 1.58. The van der Waals surface area contributed by atoms with Crippen molar-refractivity contribution in [3.8, 4) is 11.1 Å². The molecule has 1 aromatic heterocycles. The number of rotatable bonds is 4. The standard InChI is InChI=1S/C19H15FN4S/c20-15-6-4-13(5-7-15)14-2-1-3-16(12-14)23-19-22-9-8-17(24-19)18-21-10-11-25-18/h1-9,12H,10-11H2,(H,22,23,24). The van der Waals surface area contributed by atoms with Crippen LogP contribution in [0.1, 0.15) is 5.69 Å². The van der Waals surface area contributed by atoms with Gasteiger partial charge in [0.15, 0.2) is 0 Å². The van der Waals surface area contributed by atoms with E-state index in [1.54, 1.807) is 30.1 Å². The third-order valence-electron chi connectivity index (χ3n) is 3.76. The van der Waals surface area contributed by atoms with Crippen LogP contribution in [0.25, 0.3) is 11.1 Å². The molecule has 0 spiro atoms. The second kappa shape index (κ2) is 7.03. The number of thioether (sulfide) groups is 1. The van der Waals surface area contributed by atoms with Gasteiger partial charge < -0.3 is 5.32 Å². The van der Waals surface area contributed by atoms with E-state index in [2.05, 4.69) is 20.3 Å². The lowest BCUT2D eigenvalue weighted by Crippen LogP contribution is -2.02. The zero-order valence-electron chi connectivity index (χ0n) is 13.3. The minimum Gasteiger partial charge on any atom is -0.324 e. The normalized spacial score (nSPS) is 13.6. The maximum atomic E-state index is 13.1. The van der Waals surface area contributed by atoms with Gasteiger partial charge in [0.2, 0.25) is 5.95 Å². The molecule has 25 heavy (non-hydrogen) atoms. The highest BCUT2D eigenvalue weighted by Crippen LogP contribution is 2.24. The van der Waals surface area contributed by atoms with Gasteiger partial charge in [0.05, 0.1) is 0 Å². The van der Waals surface area contributed by atoms with Crippen LogP contribution in [0.3, 0.4) is 0 Å². The molecule has 1 N–H and O–H groups in total. The highest BCUT2D eigenvalue weighted by molar-refractivity contribution is 8.14. The van der Waals surface area contributed by atoms with Crippen molar-refractivity contribution < 1.29 is 4.39 Å². The SMILES string of the molecule is Fc1ccc(-c2cccc(Nc3nccc(C4=NCCS4)n3)c2)cc1. The molecule has 1 aliphatic rings. The Morgan fingerprint density at radius 2 is 1.88 bits per heavy atom. The van der Waals surface area contributed by atoms with Crippen LogP contribution in [0.15, 0.2) is 65.8 Å². The Kier molecular flexibility index (Phi) is 4.43. The van der Waals surface area contributed by atoms with E-state index in [4.69, 9.17) is 0 Å². The van der Waals surface area contributed by atoms with Crippen molar-refractivity contribution in [2.24, 2.45) is 4.99 Å². The lowest BCUT2D eigenvalue weighted by atomic mass is 10.1. The Labute approximate surface area is 149 Å². The number of aromatic nitrogens is 2. The summed E-state index contributed by atoms with van der Waals surface area (Å²) in [6.07, 6.45) is 1.73. The van der Waals surface area contributed by atoms with Gasteiger partial charge in [-0.3, -0.25) is 4.99 Å². The molecule has 0 unspecified atom stereocenters. The number of nitrogens with one attached hydrogen (secondary N) is 1. The van der Waals surface area contributed by atoms with Crippen molar-refractivity contribution in [3.05, 3.63) is 72.3 Å². The second-order valence-electron chi connectivity index (χ2n) is 5.51. The van der Waals surface area contributed by atoms with Gasteiger partial charge in [0.1, 0.15) is 16.6 Å². The van der Waals surface area contributed by atoms with Gasteiger partial charge in [0.25, 0.3) is 0 Å². The molecule has 2 aromatic carbocycles. The van der Waals surface area contributed by atoms with Gasteiger partial charge in [0, 0.05) is 24.2 Å². The molecule has 6 heteroatoms. The first-order valence-electron chi connectivity index (χ1n) is 7.92. The molecular formula is C19H15FN4S. The molecule has 1 aliphatic heterocycles. The average Bonchev–Trinajstić information content (AvgIpc) is 3.18. The quantitative estimate of drug-likeness (QED) is 0.752. The molecule has 0 atom stereocenters. The first kappa shape index (κ1) is 15.8. The number of hydrogen-bond donors (Lipinski definition) is 1. The molecule has 3 aromatic rings. The lowest BCUT2D eigenvalue weighted by molar-refractivity contribution is 0.628. The van der Waals surface area contributed by atoms with Gasteiger partial charge >= 0.3 is 0 Å². The van der Waals surface area contributed by atoms with Crippen molar-refractivity contribution in [3.63, 3.8) is 0 Å². The lowest BCUT2D eigenvalue weighted by Gasteiger charge is -2.08. The smallest absolute Gasteiger partial charge is 0.227 e. The van der Waals surface area contributed by atoms with Gasteiger partial charge in [-0.2, -0.15) is 0 Å². The van der Waals surface area contributed by atoms with Crippen LogP contribution in [-0.2, 0) is 0 Å². The van der Waals surface area contributed by atoms with E-state index in [1.165, 1.54) is 12.1 Å². The average molecular weight is 350 g/mol. The van der Waals surface area contributed by atoms with Gasteiger partial charge in [-0.05, 0) is 41.5 Å². The molecule has 0 fully saturated rings. The van der Waals surface area contributed by atoms with Crippen LogP contribution < -0.4 is 5.32 Å². The van der Waals surface area contributed by atoms with Crippen molar-refractivity contribution in [2.45, 2.75) is 0 Å². The van der Waals surface area contributed by atoms with Crippen molar-refractivity contribution in [1.29, 1.82) is 0 Å². The Hall–Kier alpha value is -2.73. The molecule has 4 nitrogen and oxygen atoms in total. The van der Waals surface area contributed by atoms with Crippen LogP contribution in [-0.4, -0.2) is 27.3 Å². The highest BCUT2D eigenvalue weighted by Gasteiger charge is 2.12. The Morgan fingerprint density at radius 3 is 2.68 bits per heavy atom. The molecule has 0 amide bonds. The first-order chi connectivity index (χ1) is 12.3. The van der Waals surface area contributed by atoms with Crippen LogP contribution in [0, 0.1) is 5.82 Å². The van der Waals surface area contributed by atoms with Gasteiger partial charge in [-0.15, -0.1) is 11.8 Å². The molecule has 4 rings (SSSR count). The summed E-state index contributed by atoms with van der Waals surface area (Å²) in [5, 5.41) is 4.19. The van der Waals surface area contributed by atoms with E-state index in [-0.39, 0.29) is 5.82 Å². The summed E-state index contributed by atoms with van der Waals surface area (Å²) in [6, 6.07) is 16.2. The topological polar surface area (TPSA) is 50.2 Å². The van der Waals surface area contributed by atoms with E-state index >= 15 is 0 Å². The largest absolute Gasteiger partial charge is 0.324 e. The molecule has 124 valence electrons. The number of anilines is 2. The second-order valence-corrected chi connectivity index (χ2v) is 6.60. The fourth-order valence-corrected chi connectivity index (χ4v) is 3.40. The molecule has 0 radical (unpaired) electrons. The van der Waals surface area contributed by atoms with E-state index in [0.29, 0.717) is 5.95 Å². The summed E-state index contributed by atoms with van der Waals surface area (Å²) in [5.74, 6) is 1.29. The molecule has 0 saturated carbocycles. The Bertz CT molecular complexity index is 925. The van der Waals surface area contributed by atoms with Crippen LogP contribution >= 0.6 is 11.8 Å². The number of benzene rings is 2. The number of hydrogen-bond acceptors (Lipinski definition) is 5. The zero-order valence-corrected chi connectivity index (χ0v) is 14.1. The van der Waals surface area contributed by atoms with Crippen molar-refractivity contribution in [1.82, 2.24) is 9.97 Å². The van der Waals surface area contributed by atoms with Gasteiger partial charge in [-0.25, -0.2) is 14.4 Å². The number of nitrogens with zero attached hydrogens (tertiary/aromatic N) is 3. The summed E-state index contributed by atoms with van der Waals surface area (Å²) in [4.78, 5) is 13.3. The van der Waals surface area contributed by atoms with E-state index < -0.39 is 0 Å². The minimum atomic E-state index is -0.240. The van der Waals surface area contributed by atoms with E-state index in [0.717, 1.165) is 39.8 Å². The minimum absolute atomic E-state index is 0.240. The maximum Gasteiger partial charge on any atom is 0.227 e. The number of aliphatic imine (C=N–C) groups is 1. The predicted octanol–water partition coefficient (Wildman–Crippen LogP) is 4.52. The maximum absolute atomic E-state index is 13.1.